The predicted octanol–water partition coefficient (Wildman–Crippen LogP) is 3.86. The first kappa shape index (κ1) is 22.6. The number of methoxy groups -OCH3 is 1. The Bertz CT molecular complexity index is 1010. The van der Waals surface area contributed by atoms with Crippen LogP contribution >= 0.6 is 23.1 Å². The molecular weight excluding hydrogens is 436 g/mol. The van der Waals surface area contributed by atoms with Crippen molar-refractivity contribution in [2.75, 3.05) is 30.1 Å². The van der Waals surface area contributed by atoms with Gasteiger partial charge in [-0.25, -0.2) is 0 Å². The molecule has 0 unspecified atom stereocenters. The second-order valence-electron chi connectivity index (χ2n) is 6.24. The molecule has 3 rings (SSSR count). The van der Waals surface area contributed by atoms with Crippen LogP contribution in [0.15, 0.2) is 52.9 Å². The van der Waals surface area contributed by atoms with Gasteiger partial charge in [0.05, 0.1) is 25.9 Å². The lowest BCUT2D eigenvalue weighted by molar-refractivity contribution is -0.115. The number of carbonyl (C=O) groups excluding carboxylic acids is 2. The highest BCUT2D eigenvalue weighted by molar-refractivity contribution is 8.01. The number of aromatic nitrogens is 2. The van der Waals surface area contributed by atoms with Crippen molar-refractivity contribution in [3.8, 4) is 11.5 Å². The van der Waals surface area contributed by atoms with Crippen LogP contribution < -0.4 is 20.1 Å². The molecule has 0 aliphatic carbocycles. The van der Waals surface area contributed by atoms with Gasteiger partial charge in [-0.1, -0.05) is 35.2 Å². The average Bonchev–Trinajstić information content (AvgIpc) is 3.21. The summed E-state index contributed by atoms with van der Waals surface area (Å²) >= 11 is 2.48. The summed E-state index contributed by atoms with van der Waals surface area (Å²) in [5, 5.41) is 13.9. The highest BCUT2D eigenvalue weighted by Gasteiger charge is 2.11. The van der Waals surface area contributed by atoms with Crippen LogP contribution in [0.5, 0.6) is 11.5 Å². The molecule has 2 amide bonds. The highest BCUT2D eigenvalue weighted by atomic mass is 32.2. The first-order chi connectivity index (χ1) is 15.1. The molecule has 0 atom stereocenters. The van der Waals surface area contributed by atoms with E-state index in [1.165, 1.54) is 23.1 Å². The number of amides is 2. The Morgan fingerprint density at radius 3 is 2.35 bits per heavy atom. The van der Waals surface area contributed by atoms with Gasteiger partial charge in [0.1, 0.15) is 11.5 Å². The standard InChI is InChI=1S/C21H22N4O4S2/c1-3-29-17-10-6-15(7-11-17)22-19(27)13-30-21-25-24-20(31-21)23-18(26)12-14-4-8-16(28-2)9-5-14/h4-11H,3,12-13H2,1-2H3,(H,22,27)(H,23,24,26). The van der Waals surface area contributed by atoms with Crippen molar-refractivity contribution in [1.82, 2.24) is 10.2 Å². The van der Waals surface area contributed by atoms with Crippen LogP contribution in [0.1, 0.15) is 12.5 Å². The van der Waals surface area contributed by atoms with E-state index < -0.39 is 0 Å². The summed E-state index contributed by atoms with van der Waals surface area (Å²) in [6.07, 6.45) is 0.219. The number of hydrogen-bond acceptors (Lipinski definition) is 8. The summed E-state index contributed by atoms with van der Waals surface area (Å²) in [7, 11) is 1.59. The van der Waals surface area contributed by atoms with Gasteiger partial charge in [0.2, 0.25) is 16.9 Å². The fraction of sp³-hybridized carbons (Fsp3) is 0.238. The Balaban J connectivity index is 1.43. The van der Waals surface area contributed by atoms with Crippen LogP contribution in [-0.2, 0) is 16.0 Å². The number of hydrogen-bond donors (Lipinski definition) is 2. The lowest BCUT2D eigenvalue weighted by atomic mass is 10.1. The van der Waals surface area contributed by atoms with E-state index in [2.05, 4.69) is 20.8 Å². The third-order valence-corrected chi connectivity index (χ3v) is 5.92. The van der Waals surface area contributed by atoms with E-state index >= 15 is 0 Å². The van der Waals surface area contributed by atoms with Crippen molar-refractivity contribution in [1.29, 1.82) is 0 Å². The van der Waals surface area contributed by atoms with Crippen molar-refractivity contribution in [2.24, 2.45) is 0 Å². The predicted molar refractivity (Wildman–Crippen MR) is 122 cm³/mol. The van der Waals surface area contributed by atoms with E-state index in [1.807, 2.05) is 19.1 Å². The zero-order valence-corrected chi connectivity index (χ0v) is 18.7. The molecule has 10 heteroatoms. The Morgan fingerprint density at radius 2 is 1.68 bits per heavy atom. The Kier molecular flexibility index (Phi) is 8.25. The fourth-order valence-electron chi connectivity index (χ4n) is 2.54. The minimum Gasteiger partial charge on any atom is -0.497 e. The summed E-state index contributed by atoms with van der Waals surface area (Å²) in [4.78, 5) is 24.3. The summed E-state index contributed by atoms with van der Waals surface area (Å²) in [6, 6.07) is 14.5. The first-order valence-corrected chi connectivity index (χ1v) is 11.3. The van der Waals surface area contributed by atoms with Crippen LogP contribution in [0.3, 0.4) is 0 Å². The summed E-state index contributed by atoms with van der Waals surface area (Å²) in [5.74, 6) is 1.33. The van der Waals surface area contributed by atoms with Crippen LogP contribution in [0, 0.1) is 0 Å². The van der Waals surface area contributed by atoms with Crippen LogP contribution in [-0.4, -0.2) is 41.5 Å². The summed E-state index contributed by atoms with van der Waals surface area (Å²) < 4.78 is 11.1. The molecular formula is C21H22N4O4S2. The van der Waals surface area contributed by atoms with Crippen LogP contribution in [0.2, 0.25) is 0 Å². The maximum Gasteiger partial charge on any atom is 0.234 e. The Labute approximate surface area is 188 Å². The monoisotopic (exact) mass is 458 g/mol. The number of rotatable bonds is 10. The Hall–Kier alpha value is -3.11. The zero-order valence-electron chi connectivity index (χ0n) is 17.1. The minimum absolute atomic E-state index is 0.158. The first-order valence-electron chi connectivity index (χ1n) is 9.47. The van der Waals surface area contributed by atoms with Gasteiger partial charge in [0, 0.05) is 5.69 Å². The number of nitrogens with one attached hydrogen (secondary N) is 2. The number of ether oxygens (including phenoxy) is 2. The van der Waals surface area contributed by atoms with E-state index in [0.717, 1.165) is 17.1 Å². The molecule has 3 aromatic rings. The van der Waals surface area contributed by atoms with Crippen LogP contribution in [0.4, 0.5) is 10.8 Å². The van der Waals surface area contributed by atoms with Gasteiger partial charge in [0.25, 0.3) is 0 Å². The number of thioether (sulfide) groups is 1. The molecule has 0 aliphatic heterocycles. The smallest absolute Gasteiger partial charge is 0.234 e. The summed E-state index contributed by atoms with van der Waals surface area (Å²) in [6.45, 7) is 2.51. The molecule has 1 heterocycles. The maximum absolute atomic E-state index is 12.2. The third-order valence-electron chi connectivity index (χ3n) is 3.95. The lowest BCUT2D eigenvalue weighted by Gasteiger charge is -2.06. The molecule has 0 radical (unpaired) electrons. The van der Waals surface area contributed by atoms with Gasteiger partial charge < -0.3 is 20.1 Å². The summed E-state index contributed by atoms with van der Waals surface area (Å²) in [5.41, 5.74) is 1.56. The molecule has 2 aromatic carbocycles. The van der Waals surface area contributed by atoms with Gasteiger partial charge in [-0.05, 0) is 48.9 Å². The van der Waals surface area contributed by atoms with Crippen molar-refractivity contribution in [3.05, 3.63) is 54.1 Å². The van der Waals surface area contributed by atoms with E-state index in [0.29, 0.717) is 21.8 Å². The molecule has 162 valence electrons. The topological polar surface area (TPSA) is 102 Å². The Morgan fingerprint density at radius 1 is 0.968 bits per heavy atom. The molecule has 0 spiro atoms. The SMILES string of the molecule is CCOc1ccc(NC(=O)CSc2nnc(NC(=O)Cc3ccc(OC)cc3)s2)cc1. The number of anilines is 2. The molecule has 0 saturated carbocycles. The van der Waals surface area contributed by atoms with Gasteiger partial charge in [-0.2, -0.15) is 0 Å². The molecule has 0 aliphatic rings. The molecule has 31 heavy (non-hydrogen) atoms. The number of carbonyl (C=O) groups is 2. The quantitative estimate of drug-likeness (QED) is 0.351. The largest absolute Gasteiger partial charge is 0.497 e. The molecule has 1 aromatic heterocycles. The molecule has 0 fully saturated rings. The minimum atomic E-state index is -0.189. The van der Waals surface area contributed by atoms with Crippen molar-refractivity contribution in [3.63, 3.8) is 0 Å². The van der Waals surface area contributed by atoms with Crippen LogP contribution in [0.25, 0.3) is 0 Å². The number of nitrogens with zero attached hydrogens (tertiary/aromatic N) is 2. The second kappa shape index (κ2) is 11.3. The molecule has 0 bridgehead atoms. The maximum atomic E-state index is 12.2. The van der Waals surface area contributed by atoms with E-state index in [-0.39, 0.29) is 24.0 Å². The zero-order chi connectivity index (χ0) is 22.1. The second-order valence-corrected chi connectivity index (χ2v) is 8.44. The lowest BCUT2D eigenvalue weighted by Crippen LogP contribution is -2.14. The average molecular weight is 459 g/mol. The van der Waals surface area contributed by atoms with E-state index in [1.54, 1.807) is 43.5 Å². The fourth-order valence-corrected chi connectivity index (χ4v) is 4.10. The van der Waals surface area contributed by atoms with Crippen molar-refractivity contribution >= 4 is 45.7 Å². The third kappa shape index (κ3) is 7.26. The van der Waals surface area contributed by atoms with Gasteiger partial charge in [0.15, 0.2) is 4.34 Å². The van der Waals surface area contributed by atoms with E-state index in [4.69, 9.17) is 9.47 Å². The highest BCUT2D eigenvalue weighted by Crippen LogP contribution is 2.26. The van der Waals surface area contributed by atoms with Crippen molar-refractivity contribution in [2.45, 2.75) is 17.7 Å². The van der Waals surface area contributed by atoms with Gasteiger partial charge in [-0.3, -0.25) is 9.59 Å². The normalized spacial score (nSPS) is 10.4. The van der Waals surface area contributed by atoms with E-state index in [9.17, 15) is 9.59 Å². The van der Waals surface area contributed by atoms with Gasteiger partial charge >= 0.3 is 0 Å². The van der Waals surface area contributed by atoms with Crippen molar-refractivity contribution < 1.29 is 19.1 Å². The molecule has 2 N–H and O–H groups in total. The molecule has 8 nitrogen and oxygen atoms in total. The van der Waals surface area contributed by atoms with Gasteiger partial charge in [-0.15, -0.1) is 10.2 Å². The molecule has 0 saturated heterocycles. The number of benzene rings is 2.